The minimum Gasteiger partial charge on any atom is -0.264 e. The molecule has 1 aliphatic heterocycles. The first-order chi connectivity index (χ1) is 12.5. The summed E-state index contributed by atoms with van der Waals surface area (Å²) in [6.45, 7) is 0. The summed E-state index contributed by atoms with van der Waals surface area (Å²) in [5.74, 6) is 0. The van der Waals surface area contributed by atoms with Crippen molar-refractivity contribution in [1.29, 1.82) is 0 Å². The van der Waals surface area contributed by atoms with Gasteiger partial charge < -0.3 is 0 Å². The number of fused-ring (bicyclic) bond motifs is 3. The second-order valence-electron chi connectivity index (χ2n) is 5.95. The van der Waals surface area contributed by atoms with Crippen molar-refractivity contribution in [3.8, 4) is 0 Å². The Morgan fingerprint density at radius 1 is 1.27 bits per heavy atom. The zero-order valence-corrected chi connectivity index (χ0v) is 14.4. The van der Waals surface area contributed by atoms with Gasteiger partial charge in [0.1, 0.15) is 12.7 Å². The number of nitrogens with zero attached hydrogens (tertiary/aromatic N) is 4. The standard InChI is InChI=1S/C17H13N4O4S/c1-19-12-7-3-2-4-8-14(12)26-17(19)15(21(24)25)10-13(20(22)23)11-6-5-9-18-16(11)17/h2-10,13H,1H3/q+1. The zero-order valence-electron chi connectivity index (χ0n) is 13.6. The van der Waals surface area contributed by atoms with Crippen LogP contribution in [0.25, 0.3) is 0 Å². The second kappa shape index (κ2) is 5.73. The van der Waals surface area contributed by atoms with E-state index in [4.69, 9.17) is 0 Å². The van der Waals surface area contributed by atoms with Gasteiger partial charge in [-0.1, -0.05) is 18.2 Å². The molecule has 2 atom stereocenters. The molecular weight excluding hydrogens is 356 g/mol. The van der Waals surface area contributed by atoms with Crippen LogP contribution in [-0.4, -0.2) is 32.2 Å². The van der Waals surface area contributed by atoms with Crippen LogP contribution in [0.4, 0.5) is 0 Å². The fourth-order valence-electron chi connectivity index (χ4n) is 3.49. The molecule has 2 aliphatic carbocycles. The number of aromatic nitrogens is 1. The number of rotatable bonds is 2. The molecule has 1 aromatic heterocycles. The van der Waals surface area contributed by atoms with Gasteiger partial charge in [-0.25, -0.2) is 4.58 Å². The molecule has 0 amide bonds. The topological polar surface area (TPSA) is 102 Å². The molecule has 3 aliphatic rings. The number of nitro groups is 2. The monoisotopic (exact) mass is 369 g/mol. The Labute approximate surface area is 152 Å². The molecule has 0 saturated heterocycles. The number of hydrogen-bond acceptors (Lipinski definition) is 6. The van der Waals surface area contributed by atoms with Gasteiger partial charge in [0, 0.05) is 17.2 Å². The highest BCUT2D eigenvalue weighted by molar-refractivity contribution is 8.05. The lowest BCUT2D eigenvalue weighted by molar-refractivity contribution is -0.590. The average Bonchev–Trinajstić information content (AvgIpc) is 2.77. The van der Waals surface area contributed by atoms with E-state index >= 15 is 0 Å². The molecule has 1 spiro atoms. The summed E-state index contributed by atoms with van der Waals surface area (Å²) < 4.78 is 1.78. The Kier molecular flexibility index (Phi) is 3.62. The largest absolute Gasteiger partial charge is 0.346 e. The minimum absolute atomic E-state index is 0.239. The Morgan fingerprint density at radius 3 is 2.81 bits per heavy atom. The molecule has 8 nitrogen and oxygen atoms in total. The van der Waals surface area contributed by atoms with Crippen LogP contribution < -0.4 is 0 Å². The van der Waals surface area contributed by atoms with E-state index in [9.17, 15) is 20.2 Å². The number of hydrogen-bond donors (Lipinski definition) is 0. The third kappa shape index (κ3) is 2.10. The van der Waals surface area contributed by atoms with Crippen LogP contribution in [0, 0.1) is 20.2 Å². The number of likely N-dealkylation sites (N-methyl/N-ethyl adjacent to an activating group) is 1. The van der Waals surface area contributed by atoms with Crippen molar-refractivity contribution in [3.63, 3.8) is 0 Å². The van der Waals surface area contributed by atoms with Crippen LogP contribution in [0.3, 0.4) is 0 Å². The normalized spacial score (nSPS) is 26.1. The van der Waals surface area contributed by atoms with Crippen LogP contribution in [0.2, 0.25) is 0 Å². The van der Waals surface area contributed by atoms with Crippen molar-refractivity contribution >= 4 is 17.5 Å². The van der Waals surface area contributed by atoms with Gasteiger partial charge in [-0.2, -0.15) is 0 Å². The smallest absolute Gasteiger partial charge is 0.264 e. The average molecular weight is 369 g/mol. The highest BCUT2D eigenvalue weighted by atomic mass is 32.2. The fraction of sp³-hybridized carbons (Fsp3) is 0.176. The first-order valence-corrected chi connectivity index (χ1v) is 8.59. The molecule has 2 unspecified atom stereocenters. The van der Waals surface area contributed by atoms with Crippen LogP contribution in [0.5, 0.6) is 0 Å². The van der Waals surface area contributed by atoms with E-state index < -0.39 is 20.8 Å². The van der Waals surface area contributed by atoms with Gasteiger partial charge in [-0.3, -0.25) is 25.2 Å². The van der Waals surface area contributed by atoms with Gasteiger partial charge in [0.05, 0.1) is 21.5 Å². The van der Waals surface area contributed by atoms with E-state index in [1.165, 1.54) is 18.0 Å². The lowest BCUT2D eigenvalue weighted by atomic mass is 9.90. The Balaban J connectivity index is 2.06. The van der Waals surface area contributed by atoms with Gasteiger partial charge in [0.15, 0.2) is 0 Å². The first kappa shape index (κ1) is 16.4. The lowest BCUT2D eigenvalue weighted by Crippen LogP contribution is -2.42. The van der Waals surface area contributed by atoms with Crippen molar-refractivity contribution < 1.29 is 14.4 Å². The summed E-state index contributed by atoms with van der Waals surface area (Å²) in [7, 11) is 1.75. The van der Waals surface area contributed by atoms with E-state index in [1.807, 2.05) is 30.4 Å². The Morgan fingerprint density at radius 2 is 2.08 bits per heavy atom. The van der Waals surface area contributed by atoms with Gasteiger partial charge in [-0.15, -0.1) is 0 Å². The van der Waals surface area contributed by atoms with E-state index in [0.29, 0.717) is 11.3 Å². The lowest BCUT2D eigenvalue weighted by Gasteiger charge is -2.26. The molecule has 26 heavy (non-hydrogen) atoms. The van der Waals surface area contributed by atoms with Crippen molar-refractivity contribution in [2.24, 2.45) is 0 Å². The molecule has 0 N–H and O–H groups in total. The Hall–Kier alpha value is -3.07. The highest BCUT2D eigenvalue weighted by Gasteiger charge is 2.65. The number of allylic oxidation sites excluding steroid dienone is 6. The number of thioether (sulfide) groups is 1. The van der Waals surface area contributed by atoms with Crippen molar-refractivity contribution in [2.45, 2.75) is 10.9 Å². The minimum atomic E-state index is -1.29. The molecular formula is C17H13N4O4S+. The predicted molar refractivity (Wildman–Crippen MR) is 95.9 cm³/mol. The fourth-order valence-corrected chi connectivity index (χ4v) is 5.01. The van der Waals surface area contributed by atoms with Gasteiger partial charge >= 0.3 is 10.6 Å². The summed E-state index contributed by atoms with van der Waals surface area (Å²) >= 11 is 1.28. The maximum Gasteiger partial charge on any atom is 0.346 e. The molecule has 2 heterocycles. The van der Waals surface area contributed by atoms with Gasteiger partial charge in [-0.05, 0) is 30.0 Å². The molecule has 9 heteroatoms. The van der Waals surface area contributed by atoms with Gasteiger partial charge in [0.25, 0.3) is 6.04 Å². The van der Waals surface area contributed by atoms with E-state index in [1.54, 1.807) is 23.8 Å². The van der Waals surface area contributed by atoms with Gasteiger partial charge in [0.2, 0.25) is 5.71 Å². The quantitative estimate of drug-likeness (QED) is 0.451. The summed E-state index contributed by atoms with van der Waals surface area (Å²) in [4.78, 5) is 26.3. The summed E-state index contributed by atoms with van der Waals surface area (Å²) in [6, 6.07) is 1.93. The molecule has 0 saturated carbocycles. The summed E-state index contributed by atoms with van der Waals surface area (Å²) in [5.41, 5.74) is 1.28. The van der Waals surface area contributed by atoms with E-state index in [-0.39, 0.29) is 5.70 Å². The third-order valence-corrected chi connectivity index (χ3v) is 6.17. The zero-order chi connectivity index (χ0) is 18.5. The van der Waals surface area contributed by atoms with Crippen molar-refractivity contribution in [2.75, 3.05) is 7.05 Å². The third-order valence-electron chi connectivity index (χ3n) is 4.63. The van der Waals surface area contributed by atoms with Crippen LogP contribution >= 0.6 is 11.8 Å². The number of pyridine rings is 1. The van der Waals surface area contributed by atoms with Crippen molar-refractivity contribution in [1.82, 2.24) is 4.98 Å². The molecule has 130 valence electrons. The maximum absolute atomic E-state index is 11.9. The van der Waals surface area contributed by atoms with Crippen LogP contribution in [-0.2, 0) is 4.87 Å². The molecule has 0 radical (unpaired) electrons. The Bertz CT molecular complexity index is 1010. The maximum atomic E-state index is 11.9. The highest BCUT2D eigenvalue weighted by Crippen LogP contribution is 2.55. The second-order valence-corrected chi connectivity index (χ2v) is 7.18. The van der Waals surface area contributed by atoms with E-state index in [0.717, 1.165) is 16.7 Å². The predicted octanol–water partition coefficient (Wildman–Crippen LogP) is 2.57. The molecule has 0 aromatic carbocycles. The molecule has 4 rings (SSSR count). The molecule has 0 fully saturated rings. The summed E-state index contributed by atoms with van der Waals surface area (Å²) in [5, 5.41) is 23.4. The summed E-state index contributed by atoms with van der Waals surface area (Å²) in [6.07, 6.45) is 12.0. The van der Waals surface area contributed by atoms with Crippen LogP contribution in [0.15, 0.2) is 65.4 Å². The SMILES string of the molecule is C[N+]1=C2C=CC=CC=C2SC12C([N+](=O)[O-])=CC([N+](=O)[O-])c1cccnc12. The first-order valence-electron chi connectivity index (χ1n) is 7.77. The molecule has 0 bridgehead atoms. The van der Waals surface area contributed by atoms with E-state index in [2.05, 4.69) is 4.98 Å². The molecule has 1 aromatic rings. The van der Waals surface area contributed by atoms with Crippen LogP contribution in [0.1, 0.15) is 17.3 Å². The van der Waals surface area contributed by atoms with Crippen molar-refractivity contribution in [3.05, 3.63) is 96.9 Å².